The van der Waals surface area contributed by atoms with Crippen LogP contribution in [-0.4, -0.2) is 37.0 Å². The number of nitrogens with one attached hydrogen (secondary N) is 1. The third-order valence-electron chi connectivity index (χ3n) is 6.15. The molecule has 28 heavy (non-hydrogen) atoms. The largest absolute Gasteiger partial charge is 0.367 e. The monoisotopic (exact) mass is 447 g/mol. The Kier molecular flexibility index (Phi) is 4.30. The van der Waals surface area contributed by atoms with Gasteiger partial charge in [0.1, 0.15) is 18.0 Å². The molecule has 3 aliphatic heterocycles. The van der Waals surface area contributed by atoms with Crippen molar-refractivity contribution in [2.24, 2.45) is 0 Å². The van der Waals surface area contributed by atoms with Crippen LogP contribution < -0.4 is 5.32 Å². The van der Waals surface area contributed by atoms with Crippen molar-refractivity contribution in [3.63, 3.8) is 0 Å². The standard InChI is InChI=1S/C21H19BrFNO4/c22-12-7-11(3-4-13(12)23)17-18-14(8-27-10-16(18)25)24-15-9-28-21(5-1-2-6-21)20(26)19(15)17/h3-4,7,17,24H,1-2,5-6,8-10H2. The smallest absolute Gasteiger partial charge is 0.193 e. The zero-order chi connectivity index (χ0) is 19.5. The number of rotatable bonds is 1. The van der Waals surface area contributed by atoms with Crippen LogP contribution in [0.25, 0.3) is 0 Å². The van der Waals surface area contributed by atoms with Crippen molar-refractivity contribution in [3.8, 4) is 0 Å². The van der Waals surface area contributed by atoms with Gasteiger partial charge in [-0.2, -0.15) is 0 Å². The van der Waals surface area contributed by atoms with Crippen LogP contribution >= 0.6 is 15.9 Å². The Morgan fingerprint density at radius 3 is 2.57 bits per heavy atom. The van der Waals surface area contributed by atoms with Crippen molar-refractivity contribution in [2.45, 2.75) is 37.2 Å². The van der Waals surface area contributed by atoms with E-state index in [2.05, 4.69) is 21.2 Å². The molecule has 1 N–H and O–H groups in total. The van der Waals surface area contributed by atoms with Crippen LogP contribution in [0, 0.1) is 5.82 Å². The van der Waals surface area contributed by atoms with Gasteiger partial charge in [0.2, 0.25) is 0 Å². The van der Waals surface area contributed by atoms with Crippen LogP contribution in [0.5, 0.6) is 0 Å². The van der Waals surface area contributed by atoms with Crippen molar-refractivity contribution in [1.82, 2.24) is 5.32 Å². The highest BCUT2D eigenvalue weighted by Crippen LogP contribution is 2.48. The summed E-state index contributed by atoms with van der Waals surface area (Å²) in [5.41, 5.74) is 2.41. The lowest BCUT2D eigenvalue weighted by Gasteiger charge is -2.42. The molecule has 0 amide bonds. The minimum absolute atomic E-state index is 0.0160. The van der Waals surface area contributed by atoms with E-state index < -0.39 is 11.5 Å². The van der Waals surface area contributed by atoms with Gasteiger partial charge in [0.25, 0.3) is 0 Å². The fraction of sp³-hybridized carbons (Fsp3) is 0.429. The van der Waals surface area contributed by atoms with Crippen molar-refractivity contribution in [2.75, 3.05) is 19.8 Å². The van der Waals surface area contributed by atoms with Gasteiger partial charge in [-0.25, -0.2) is 4.39 Å². The molecule has 1 atom stereocenters. The summed E-state index contributed by atoms with van der Waals surface area (Å²) in [6.07, 6.45) is 3.31. The molecule has 1 unspecified atom stereocenters. The summed E-state index contributed by atoms with van der Waals surface area (Å²) < 4.78 is 25.6. The highest BCUT2D eigenvalue weighted by atomic mass is 79.9. The molecule has 0 aromatic heterocycles. The third kappa shape index (κ3) is 2.64. The van der Waals surface area contributed by atoms with Crippen LogP contribution in [0.1, 0.15) is 37.2 Å². The first-order chi connectivity index (χ1) is 13.5. The van der Waals surface area contributed by atoms with Crippen LogP contribution in [0.15, 0.2) is 45.2 Å². The molecule has 1 fully saturated rings. The lowest BCUT2D eigenvalue weighted by molar-refractivity contribution is -0.142. The molecule has 0 bridgehead atoms. The number of benzene rings is 1. The lowest BCUT2D eigenvalue weighted by Crippen LogP contribution is -2.50. The van der Waals surface area contributed by atoms with Crippen molar-refractivity contribution in [1.29, 1.82) is 0 Å². The van der Waals surface area contributed by atoms with E-state index in [1.807, 2.05) is 0 Å². The van der Waals surface area contributed by atoms with Gasteiger partial charge in [-0.1, -0.05) is 6.07 Å². The van der Waals surface area contributed by atoms with Gasteiger partial charge in [-0.15, -0.1) is 0 Å². The zero-order valence-corrected chi connectivity index (χ0v) is 16.7. The molecule has 1 aromatic rings. The van der Waals surface area contributed by atoms with E-state index >= 15 is 0 Å². The van der Waals surface area contributed by atoms with Crippen molar-refractivity contribution < 1.29 is 23.5 Å². The fourth-order valence-electron chi connectivity index (χ4n) is 4.82. The quantitative estimate of drug-likeness (QED) is 0.715. The number of dihydropyridines is 1. The summed E-state index contributed by atoms with van der Waals surface area (Å²) in [5, 5.41) is 3.23. The first-order valence-electron chi connectivity index (χ1n) is 9.48. The molecule has 7 heteroatoms. The second-order valence-electron chi connectivity index (χ2n) is 7.75. The van der Waals surface area contributed by atoms with E-state index in [0.717, 1.165) is 12.8 Å². The minimum atomic E-state index is -0.789. The Balaban J connectivity index is 1.69. The first-order valence-corrected chi connectivity index (χ1v) is 10.3. The van der Waals surface area contributed by atoms with Gasteiger partial charge in [-0.05, 0) is 59.3 Å². The SMILES string of the molecule is O=C1COCC2=C1C(c1ccc(F)c(Br)c1)C1=C(COC3(CCCC3)C1=O)N2. The van der Waals surface area contributed by atoms with Gasteiger partial charge < -0.3 is 14.8 Å². The molecular formula is C21H19BrFNO4. The number of ether oxygens (including phenoxy) is 2. The number of Topliss-reactive ketones (excluding diaryl/α,β-unsaturated/α-hetero) is 2. The minimum Gasteiger partial charge on any atom is -0.367 e. The predicted octanol–water partition coefficient (Wildman–Crippen LogP) is 3.29. The fourth-order valence-corrected chi connectivity index (χ4v) is 5.22. The Hall–Kier alpha value is -1.83. The topological polar surface area (TPSA) is 64.6 Å². The summed E-state index contributed by atoms with van der Waals surface area (Å²) in [6.45, 7) is 0.554. The summed E-state index contributed by atoms with van der Waals surface area (Å²) in [4.78, 5) is 26.4. The Labute approximate surface area is 170 Å². The highest BCUT2D eigenvalue weighted by molar-refractivity contribution is 9.10. The maximum Gasteiger partial charge on any atom is 0.193 e. The van der Waals surface area contributed by atoms with E-state index in [1.54, 1.807) is 12.1 Å². The van der Waals surface area contributed by atoms with Gasteiger partial charge in [0.15, 0.2) is 11.6 Å². The third-order valence-corrected chi connectivity index (χ3v) is 6.76. The van der Waals surface area contributed by atoms with Crippen molar-refractivity contribution in [3.05, 3.63) is 56.6 Å². The molecule has 1 saturated carbocycles. The predicted molar refractivity (Wildman–Crippen MR) is 102 cm³/mol. The maximum absolute atomic E-state index is 13.9. The van der Waals surface area contributed by atoms with Crippen LogP contribution in [-0.2, 0) is 19.1 Å². The molecule has 5 nitrogen and oxygen atoms in total. The normalized spacial score (nSPS) is 26.4. The molecule has 0 radical (unpaired) electrons. The number of halogens is 2. The molecule has 1 aliphatic carbocycles. The van der Waals surface area contributed by atoms with Crippen LogP contribution in [0.4, 0.5) is 4.39 Å². The molecule has 4 aliphatic rings. The van der Waals surface area contributed by atoms with Gasteiger partial charge >= 0.3 is 0 Å². The summed E-state index contributed by atoms with van der Waals surface area (Å²) in [6, 6.07) is 4.67. The molecule has 1 spiro atoms. The Bertz CT molecular complexity index is 961. The van der Waals surface area contributed by atoms with E-state index in [1.165, 1.54) is 6.07 Å². The summed E-state index contributed by atoms with van der Waals surface area (Å²) in [7, 11) is 0. The number of carbonyl (C=O) groups excluding carboxylic acids is 2. The lowest BCUT2D eigenvalue weighted by atomic mass is 9.72. The Morgan fingerprint density at radius 2 is 1.82 bits per heavy atom. The van der Waals surface area contributed by atoms with Gasteiger partial charge in [0, 0.05) is 28.5 Å². The number of hydrogen-bond acceptors (Lipinski definition) is 5. The average molecular weight is 448 g/mol. The first kappa shape index (κ1) is 18.2. The molecule has 0 saturated heterocycles. The number of hydrogen-bond donors (Lipinski definition) is 1. The van der Waals surface area contributed by atoms with E-state index in [9.17, 15) is 14.0 Å². The van der Waals surface area contributed by atoms with Gasteiger partial charge in [-0.3, -0.25) is 9.59 Å². The summed E-state index contributed by atoms with van der Waals surface area (Å²) in [5.74, 6) is -1.11. The van der Waals surface area contributed by atoms with E-state index in [4.69, 9.17) is 9.47 Å². The molecule has 1 aromatic carbocycles. The van der Waals surface area contributed by atoms with Crippen LogP contribution in [0.3, 0.4) is 0 Å². The van der Waals surface area contributed by atoms with Gasteiger partial charge in [0.05, 0.1) is 17.7 Å². The number of ketones is 2. The molecule has 5 rings (SSSR count). The van der Waals surface area contributed by atoms with E-state index in [-0.39, 0.29) is 30.6 Å². The second-order valence-corrected chi connectivity index (χ2v) is 8.61. The molecule has 146 valence electrons. The van der Waals surface area contributed by atoms with Crippen LogP contribution in [0.2, 0.25) is 0 Å². The second kappa shape index (κ2) is 6.61. The number of carbonyl (C=O) groups is 2. The average Bonchev–Trinajstić information content (AvgIpc) is 3.16. The molecular weight excluding hydrogens is 429 g/mol. The highest BCUT2D eigenvalue weighted by Gasteiger charge is 2.51. The van der Waals surface area contributed by atoms with Crippen molar-refractivity contribution >= 4 is 27.5 Å². The summed E-state index contributed by atoms with van der Waals surface area (Å²) >= 11 is 3.24. The van der Waals surface area contributed by atoms with E-state index in [0.29, 0.717) is 52.0 Å². The zero-order valence-electron chi connectivity index (χ0n) is 15.1. The maximum atomic E-state index is 13.9. The Morgan fingerprint density at radius 1 is 1.07 bits per heavy atom. The molecule has 3 heterocycles.